The molecule has 0 radical (unpaired) electrons. The third kappa shape index (κ3) is 5.69. The molecule has 0 bridgehead atoms. The summed E-state index contributed by atoms with van der Waals surface area (Å²) in [4.78, 5) is 15.9. The molecule has 0 fully saturated rings. The molecule has 1 aromatic rings. The van der Waals surface area contributed by atoms with Crippen LogP contribution in [0, 0.1) is 6.92 Å². The molecule has 1 aromatic heterocycles. The summed E-state index contributed by atoms with van der Waals surface area (Å²) in [6, 6.07) is 1.11. The zero-order valence-corrected chi connectivity index (χ0v) is 13.5. The second-order valence-electron chi connectivity index (χ2n) is 5.74. The molecule has 0 aliphatic heterocycles. The van der Waals surface area contributed by atoms with Crippen LogP contribution in [0.2, 0.25) is 25.7 Å². The average Bonchev–Trinajstić information content (AvgIpc) is 2.65. The van der Waals surface area contributed by atoms with Gasteiger partial charge in [-0.1, -0.05) is 0 Å². The molecule has 1 heterocycles. The van der Waals surface area contributed by atoms with E-state index in [1.807, 2.05) is 6.92 Å². The van der Waals surface area contributed by atoms with Crippen molar-refractivity contribution >= 4 is 21.1 Å². The van der Waals surface area contributed by atoms with Gasteiger partial charge in [-0.05, 0) is 0 Å². The standard InChI is InChI=1S/C12H23BN2O3Si/c1-6-18-12(16)11-14-10(2)13-15(11)9-17-7-8-19(3,4)5/h6-9H2,1-5H3. The third-order valence-electron chi connectivity index (χ3n) is 2.58. The summed E-state index contributed by atoms with van der Waals surface area (Å²) in [6.07, 6.45) is 0. The van der Waals surface area contributed by atoms with E-state index < -0.39 is 14.0 Å². The summed E-state index contributed by atoms with van der Waals surface area (Å²) >= 11 is 0. The Hall–Kier alpha value is -0.948. The molecule has 0 aliphatic carbocycles. The summed E-state index contributed by atoms with van der Waals surface area (Å²) in [7, 11) is 0.727. The van der Waals surface area contributed by atoms with Crippen molar-refractivity contribution in [3.63, 3.8) is 0 Å². The van der Waals surface area contributed by atoms with Crippen LogP contribution in [-0.4, -0.2) is 43.8 Å². The van der Waals surface area contributed by atoms with Gasteiger partial charge in [0.25, 0.3) is 0 Å². The minimum absolute atomic E-state index is 0.312. The number of carbonyl (C=O) groups is 1. The molecule has 0 saturated heterocycles. The molecule has 0 aliphatic rings. The number of esters is 1. The van der Waals surface area contributed by atoms with Gasteiger partial charge in [-0.25, -0.2) is 0 Å². The van der Waals surface area contributed by atoms with Crippen LogP contribution in [0.15, 0.2) is 0 Å². The molecular weight excluding hydrogens is 259 g/mol. The molecule has 0 saturated carbocycles. The molecule has 0 N–H and O–H groups in total. The molecule has 0 unspecified atom stereocenters. The predicted molar refractivity (Wildman–Crippen MR) is 78.4 cm³/mol. The van der Waals surface area contributed by atoms with Crippen LogP contribution in [0.25, 0.3) is 0 Å². The molecule has 0 spiro atoms. The predicted octanol–water partition coefficient (Wildman–Crippen LogP) is 2.02. The second kappa shape index (κ2) is 7.00. The van der Waals surface area contributed by atoms with Crippen molar-refractivity contribution in [2.45, 2.75) is 46.3 Å². The van der Waals surface area contributed by atoms with E-state index in [9.17, 15) is 4.79 Å². The Labute approximate surface area is 116 Å². The molecule has 106 valence electrons. The first-order chi connectivity index (χ1) is 8.83. The van der Waals surface area contributed by atoms with Crippen molar-refractivity contribution < 1.29 is 14.3 Å². The van der Waals surface area contributed by atoms with Crippen LogP contribution < -0.4 is 0 Å². The molecule has 0 amide bonds. The number of aromatic nitrogens is 2. The fourth-order valence-electron chi connectivity index (χ4n) is 1.55. The molecule has 0 atom stereocenters. The van der Waals surface area contributed by atoms with Crippen LogP contribution >= 0.6 is 0 Å². The van der Waals surface area contributed by atoms with Gasteiger partial charge in [0.05, 0.1) is 0 Å². The molecule has 1 rings (SSSR count). The van der Waals surface area contributed by atoms with Gasteiger partial charge in [-0.3, -0.25) is 0 Å². The van der Waals surface area contributed by atoms with E-state index in [4.69, 9.17) is 9.47 Å². The monoisotopic (exact) mass is 282 g/mol. The summed E-state index contributed by atoms with van der Waals surface area (Å²) < 4.78 is 12.3. The van der Waals surface area contributed by atoms with Gasteiger partial charge in [0.2, 0.25) is 0 Å². The summed E-state index contributed by atoms with van der Waals surface area (Å²) in [5.74, 6) is -0.0863. The fraction of sp³-hybridized carbons (Fsp3) is 0.750. The molecule has 19 heavy (non-hydrogen) atoms. The first-order valence-electron chi connectivity index (χ1n) is 6.62. The Balaban J connectivity index is 2.56. The average molecular weight is 282 g/mol. The zero-order chi connectivity index (χ0) is 14.5. The summed E-state index contributed by atoms with van der Waals surface area (Å²) in [5, 5.41) is 0. The maximum atomic E-state index is 11.7. The SMILES string of the molecule is CCOC(=O)c1nc(C)bn1COCC[Si](C)(C)C. The van der Waals surface area contributed by atoms with Gasteiger partial charge < -0.3 is 0 Å². The van der Waals surface area contributed by atoms with Crippen LogP contribution in [0.3, 0.4) is 0 Å². The van der Waals surface area contributed by atoms with Crippen molar-refractivity contribution in [1.29, 1.82) is 0 Å². The molecule has 7 heteroatoms. The van der Waals surface area contributed by atoms with E-state index in [0.717, 1.165) is 18.2 Å². The number of rotatable bonds is 7. The number of aryl methyl sites for hydroxylation is 1. The number of nitrogens with zero attached hydrogens (tertiary/aromatic N) is 2. The zero-order valence-electron chi connectivity index (χ0n) is 12.5. The Morgan fingerprint density at radius 2 is 2.11 bits per heavy atom. The normalized spacial score (nSPS) is 11.4. The van der Waals surface area contributed by atoms with E-state index in [-0.39, 0.29) is 0 Å². The van der Waals surface area contributed by atoms with Crippen LogP contribution in [-0.2, 0) is 16.2 Å². The van der Waals surface area contributed by atoms with Crippen LogP contribution in [0.4, 0.5) is 0 Å². The Morgan fingerprint density at radius 1 is 1.42 bits per heavy atom. The van der Waals surface area contributed by atoms with E-state index in [2.05, 4.69) is 24.6 Å². The van der Waals surface area contributed by atoms with Crippen molar-refractivity contribution in [1.82, 2.24) is 9.46 Å². The van der Waals surface area contributed by atoms with E-state index in [0.29, 0.717) is 19.2 Å². The third-order valence-corrected chi connectivity index (χ3v) is 4.29. The Bertz CT molecular complexity index is 429. The molecule has 0 aromatic carbocycles. The topological polar surface area (TPSA) is 53.3 Å². The first-order valence-corrected chi connectivity index (χ1v) is 10.3. The van der Waals surface area contributed by atoms with Crippen molar-refractivity contribution in [3.05, 3.63) is 11.4 Å². The van der Waals surface area contributed by atoms with Gasteiger partial charge in [0.1, 0.15) is 0 Å². The first kappa shape index (κ1) is 16.1. The number of carbonyl (C=O) groups excluding carboxylic acids is 1. The number of ether oxygens (including phenoxy) is 2. The van der Waals surface area contributed by atoms with Gasteiger partial charge in [-0.2, -0.15) is 0 Å². The number of hydrogen-bond acceptors (Lipinski definition) is 4. The summed E-state index contributed by atoms with van der Waals surface area (Å²) in [5.41, 5.74) is 0.789. The molecular formula is C12H23BN2O3Si. The fourth-order valence-corrected chi connectivity index (χ4v) is 2.30. The van der Waals surface area contributed by atoms with E-state index in [1.165, 1.54) is 0 Å². The Morgan fingerprint density at radius 3 is 2.68 bits per heavy atom. The quantitative estimate of drug-likeness (QED) is 0.436. The van der Waals surface area contributed by atoms with E-state index in [1.54, 1.807) is 18.5 Å². The van der Waals surface area contributed by atoms with Crippen molar-refractivity contribution in [2.24, 2.45) is 0 Å². The van der Waals surface area contributed by atoms with Crippen LogP contribution in [0.5, 0.6) is 0 Å². The van der Waals surface area contributed by atoms with Gasteiger partial charge in [-0.15, -0.1) is 0 Å². The van der Waals surface area contributed by atoms with E-state index >= 15 is 0 Å². The van der Waals surface area contributed by atoms with Crippen molar-refractivity contribution in [2.75, 3.05) is 13.2 Å². The number of hydrogen-bond donors (Lipinski definition) is 0. The van der Waals surface area contributed by atoms with Gasteiger partial charge >= 0.3 is 116 Å². The van der Waals surface area contributed by atoms with Crippen LogP contribution in [0.1, 0.15) is 23.1 Å². The Kier molecular flexibility index (Phi) is 5.93. The minimum atomic E-state index is -1.08. The second-order valence-corrected chi connectivity index (χ2v) is 11.4. The van der Waals surface area contributed by atoms with Crippen molar-refractivity contribution in [3.8, 4) is 0 Å². The summed E-state index contributed by atoms with van der Waals surface area (Å²) in [6.45, 7) is 12.0. The van der Waals surface area contributed by atoms with Gasteiger partial charge in [0.15, 0.2) is 0 Å². The van der Waals surface area contributed by atoms with Gasteiger partial charge in [0, 0.05) is 0 Å². The molecule has 5 nitrogen and oxygen atoms in total. The maximum absolute atomic E-state index is 11.7.